The van der Waals surface area contributed by atoms with Gasteiger partial charge in [-0.2, -0.15) is 13.9 Å². The highest BCUT2D eigenvalue weighted by Crippen LogP contribution is 2.24. The van der Waals surface area contributed by atoms with Crippen LogP contribution in [0.3, 0.4) is 0 Å². The van der Waals surface area contributed by atoms with Gasteiger partial charge in [0.2, 0.25) is 5.91 Å². The number of halogens is 2. The maximum atomic E-state index is 12.8. The summed E-state index contributed by atoms with van der Waals surface area (Å²) in [4.78, 5) is 18.7. The number of fused-ring (bicyclic) bond motifs is 1. The van der Waals surface area contributed by atoms with Gasteiger partial charge in [-0.1, -0.05) is 30.3 Å². The molecule has 3 aromatic rings. The van der Waals surface area contributed by atoms with E-state index in [2.05, 4.69) is 10.1 Å². The minimum Gasteiger partial charge on any atom is -0.367 e. The average molecular weight is 401 g/mol. The van der Waals surface area contributed by atoms with Gasteiger partial charge in [0.05, 0.1) is 24.7 Å². The van der Waals surface area contributed by atoms with E-state index in [1.165, 1.54) is 12.4 Å². The fraction of sp³-hybridized carbons (Fsp3) is 0.350. The van der Waals surface area contributed by atoms with E-state index in [-0.39, 0.29) is 12.5 Å². The summed E-state index contributed by atoms with van der Waals surface area (Å²) < 4.78 is 33.7. The molecule has 0 fully saturated rings. The number of carbonyl (C=O) groups excluding carboxylic acids is 1. The number of ether oxygens (including phenoxy) is 1. The van der Waals surface area contributed by atoms with E-state index in [1.807, 2.05) is 34.9 Å². The molecule has 1 amide bonds. The van der Waals surface area contributed by atoms with Gasteiger partial charge in [0, 0.05) is 37.8 Å². The molecule has 2 aromatic heterocycles. The Morgan fingerprint density at radius 1 is 1.14 bits per heavy atom. The predicted molar refractivity (Wildman–Crippen MR) is 101 cm³/mol. The van der Waals surface area contributed by atoms with E-state index in [0.29, 0.717) is 42.9 Å². The first kappa shape index (κ1) is 19.3. The second-order valence-corrected chi connectivity index (χ2v) is 6.81. The van der Waals surface area contributed by atoms with Crippen molar-refractivity contribution in [2.45, 2.75) is 26.1 Å². The Morgan fingerprint density at radius 3 is 2.72 bits per heavy atom. The molecular formula is C20H21F2N5O2. The summed E-state index contributed by atoms with van der Waals surface area (Å²) in [6.45, 7) is -0.688. The third-order valence-electron chi connectivity index (χ3n) is 4.92. The van der Waals surface area contributed by atoms with Gasteiger partial charge >= 0.3 is 6.55 Å². The molecule has 1 aliphatic rings. The molecule has 0 radical (unpaired) electrons. The molecule has 0 unspecified atom stereocenters. The number of hydrogen-bond acceptors (Lipinski definition) is 4. The standard InChI is InChI=1S/C20H21F2N5O2/c21-20(22)27-12-16(10-24-27)17-11-23-18-6-7-25(8-9-26(17)18)19(28)14-29-13-15-4-2-1-3-5-15/h1-5,10-12,20H,6-9,13-14H2. The smallest absolute Gasteiger partial charge is 0.333 e. The summed E-state index contributed by atoms with van der Waals surface area (Å²) in [6.07, 6.45) is 4.97. The van der Waals surface area contributed by atoms with Gasteiger partial charge in [0.25, 0.3) is 0 Å². The fourth-order valence-electron chi connectivity index (χ4n) is 3.41. The molecule has 0 N–H and O–H groups in total. The van der Waals surface area contributed by atoms with Crippen LogP contribution in [0, 0.1) is 0 Å². The number of hydrogen-bond donors (Lipinski definition) is 0. The van der Waals surface area contributed by atoms with Crippen LogP contribution < -0.4 is 0 Å². The Balaban J connectivity index is 1.37. The molecular weight excluding hydrogens is 380 g/mol. The van der Waals surface area contributed by atoms with Gasteiger partial charge in [0.1, 0.15) is 12.4 Å². The maximum Gasteiger partial charge on any atom is 0.333 e. The number of amides is 1. The van der Waals surface area contributed by atoms with Crippen LogP contribution in [-0.4, -0.2) is 49.8 Å². The van der Waals surface area contributed by atoms with Crippen LogP contribution in [0.15, 0.2) is 48.9 Å². The molecule has 29 heavy (non-hydrogen) atoms. The summed E-state index contributed by atoms with van der Waals surface area (Å²) in [6, 6.07) is 9.70. The zero-order chi connectivity index (χ0) is 20.2. The van der Waals surface area contributed by atoms with E-state index in [4.69, 9.17) is 4.74 Å². The Morgan fingerprint density at radius 2 is 1.97 bits per heavy atom. The molecule has 0 saturated carbocycles. The maximum absolute atomic E-state index is 12.8. The predicted octanol–water partition coefficient (Wildman–Crippen LogP) is 2.74. The van der Waals surface area contributed by atoms with Crippen molar-refractivity contribution in [1.82, 2.24) is 24.2 Å². The lowest BCUT2D eigenvalue weighted by molar-refractivity contribution is -0.136. The second kappa shape index (κ2) is 8.52. The third-order valence-corrected chi connectivity index (χ3v) is 4.92. The van der Waals surface area contributed by atoms with Gasteiger partial charge in [0.15, 0.2) is 0 Å². The first-order chi connectivity index (χ1) is 14.1. The number of benzene rings is 1. The molecule has 1 aromatic carbocycles. The molecule has 4 rings (SSSR count). The van der Waals surface area contributed by atoms with Crippen molar-refractivity contribution in [2.75, 3.05) is 19.7 Å². The van der Waals surface area contributed by atoms with Gasteiger partial charge in [-0.15, -0.1) is 0 Å². The zero-order valence-corrected chi connectivity index (χ0v) is 15.7. The van der Waals surface area contributed by atoms with Crippen LogP contribution in [0.5, 0.6) is 0 Å². The lowest BCUT2D eigenvalue weighted by Gasteiger charge is -2.20. The van der Waals surface area contributed by atoms with Crippen molar-refractivity contribution < 1.29 is 18.3 Å². The van der Waals surface area contributed by atoms with Crippen molar-refractivity contribution in [2.24, 2.45) is 0 Å². The van der Waals surface area contributed by atoms with E-state index in [1.54, 1.807) is 11.1 Å². The fourth-order valence-corrected chi connectivity index (χ4v) is 3.41. The number of aromatic nitrogens is 4. The molecule has 0 aliphatic carbocycles. The number of carbonyl (C=O) groups is 1. The Bertz CT molecular complexity index is 970. The van der Waals surface area contributed by atoms with E-state index in [0.717, 1.165) is 17.1 Å². The normalized spacial score (nSPS) is 14.1. The molecule has 9 heteroatoms. The number of imidazole rings is 1. The summed E-state index contributed by atoms with van der Waals surface area (Å²) >= 11 is 0. The molecule has 0 spiro atoms. The SMILES string of the molecule is O=C(COCc1ccccc1)N1CCc2ncc(-c3cnn(C(F)F)c3)n2CC1. The van der Waals surface area contributed by atoms with Crippen LogP contribution in [0.25, 0.3) is 11.3 Å². The summed E-state index contributed by atoms with van der Waals surface area (Å²) in [5.41, 5.74) is 2.32. The molecule has 0 bridgehead atoms. The Kier molecular flexibility index (Phi) is 5.66. The first-order valence-corrected chi connectivity index (χ1v) is 9.38. The highest BCUT2D eigenvalue weighted by molar-refractivity contribution is 5.77. The van der Waals surface area contributed by atoms with Crippen LogP contribution in [0.4, 0.5) is 8.78 Å². The van der Waals surface area contributed by atoms with Crippen LogP contribution >= 0.6 is 0 Å². The highest BCUT2D eigenvalue weighted by Gasteiger charge is 2.22. The second-order valence-electron chi connectivity index (χ2n) is 6.81. The number of alkyl halides is 2. The van der Waals surface area contributed by atoms with Gasteiger partial charge < -0.3 is 14.2 Å². The van der Waals surface area contributed by atoms with Crippen LogP contribution in [0.2, 0.25) is 0 Å². The van der Waals surface area contributed by atoms with E-state index >= 15 is 0 Å². The number of nitrogens with zero attached hydrogens (tertiary/aromatic N) is 5. The summed E-state index contributed by atoms with van der Waals surface area (Å²) in [5.74, 6) is 0.754. The molecule has 7 nitrogen and oxygen atoms in total. The van der Waals surface area contributed by atoms with Gasteiger partial charge in [-0.25, -0.2) is 9.67 Å². The average Bonchev–Trinajstić information content (AvgIpc) is 3.31. The van der Waals surface area contributed by atoms with Crippen LogP contribution in [0.1, 0.15) is 17.9 Å². The van der Waals surface area contributed by atoms with Crippen molar-refractivity contribution in [3.8, 4) is 11.3 Å². The highest BCUT2D eigenvalue weighted by atomic mass is 19.3. The minimum atomic E-state index is -2.68. The summed E-state index contributed by atoms with van der Waals surface area (Å²) in [5, 5.41) is 3.69. The minimum absolute atomic E-state index is 0.0191. The van der Waals surface area contributed by atoms with Crippen molar-refractivity contribution in [3.63, 3.8) is 0 Å². The number of rotatable bonds is 6. The quantitative estimate of drug-likeness (QED) is 0.637. The lowest BCUT2D eigenvalue weighted by Crippen LogP contribution is -2.36. The molecule has 1 aliphatic heterocycles. The molecule has 0 atom stereocenters. The van der Waals surface area contributed by atoms with E-state index in [9.17, 15) is 13.6 Å². The van der Waals surface area contributed by atoms with Crippen molar-refractivity contribution >= 4 is 5.91 Å². The van der Waals surface area contributed by atoms with Crippen molar-refractivity contribution in [1.29, 1.82) is 0 Å². The molecule has 152 valence electrons. The Hall–Kier alpha value is -3.07. The van der Waals surface area contributed by atoms with Crippen LogP contribution in [-0.2, 0) is 29.1 Å². The van der Waals surface area contributed by atoms with Gasteiger partial charge in [-0.05, 0) is 5.56 Å². The van der Waals surface area contributed by atoms with E-state index < -0.39 is 6.55 Å². The Labute approximate surface area is 166 Å². The molecule has 0 saturated heterocycles. The summed E-state index contributed by atoms with van der Waals surface area (Å²) in [7, 11) is 0. The third kappa shape index (κ3) is 4.34. The monoisotopic (exact) mass is 401 g/mol. The van der Waals surface area contributed by atoms with Gasteiger partial charge in [-0.3, -0.25) is 4.79 Å². The molecule has 3 heterocycles. The zero-order valence-electron chi connectivity index (χ0n) is 15.7. The first-order valence-electron chi connectivity index (χ1n) is 9.38. The topological polar surface area (TPSA) is 65.2 Å². The van der Waals surface area contributed by atoms with Crippen molar-refractivity contribution in [3.05, 3.63) is 60.3 Å². The largest absolute Gasteiger partial charge is 0.367 e. The lowest BCUT2D eigenvalue weighted by atomic mass is 10.2.